The summed E-state index contributed by atoms with van der Waals surface area (Å²) >= 11 is 0. The van der Waals surface area contributed by atoms with Crippen LogP contribution in [0.4, 0.5) is 9.59 Å². The fraction of sp³-hybridized carbons (Fsp3) is 0.220. The second-order valence-electron chi connectivity index (χ2n) is 12.4. The molecule has 0 bridgehead atoms. The predicted octanol–water partition coefficient (Wildman–Crippen LogP) is 7.33. The van der Waals surface area contributed by atoms with Gasteiger partial charge in [0.1, 0.15) is 13.2 Å². The molecule has 2 amide bonds. The van der Waals surface area contributed by atoms with Crippen LogP contribution in [0.15, 0.2) is 122 Å². The maximum absolute atomic E-state index is 13.7. The van der Waals surface area contributed by atoms with Gasteiger partial charge in [0.25, 0.3) is 0 Å². The van der Waals surface area contributed by atoms with Crippen molar-refractivity contribution in [2.24, 2.45) is 0 Å². The molecular formula is C41H40N4O6. The first-order valence-electron chi connectivity index (χ1n) is 17.0. The summed E-state index contributed by atoms with van der Waals surface area (Å²) < 4.78 is 10.9. The van der Waals surface area contributed by atoms with Crippen LogP contribution in [0, 0.1) is 0 Å². The highest BCUT2D eigenvalue weighted by atomic mass is 16.6. The van der Waals surface area contributed by atoms with Crippen molar-refractivity contribution >= 4 is 45.6 Å². The Morgan fingerprint density at radius 3 is 1.35 bits per heavy atom. The number of amides is 2. The molecule has 10 nitrogen and oxygen atoms in total. The van der Waals surface area contributed by atoms with Crippen LogP contribution in [0.3, 0.4) is 0 Å². The SMILES string of the molecule is O=C(N[C@@H](Cc1c[nH]c2ccccc12)C(=O)CCCC(=O)[C@H](Cc1c[nH]c2ccccc12)NC(=O)OCc1ccccc1)OCc1ccccc1. The number of benzene rings is 4. The van der Waals surface area contributed by atoms with E-state index in [1.165, 1.54) is 0 Å². The van der Waals surface area contributed by atoms with Crippen molar-refractivity contribution in [3.05, 3.63) is 144 Å². The second-order valence-corrected chi connectivity index (χ2v) is 12.4. The van der Waals surface area contributed by atoms with E-state index in [0.29, 0.717) is 0 Å². The number of nitrogens with one attached hydrogen (secondary N) is 4. The fourth-order valence-electron chi connectivity index (χ4n) is 6.13. The zero-order chi connectivity index (χ0) is 35.4. The molecule has 0 fully saturated rings. The number of hydrogen-bond acceptors (Lipinski definition) is 6. The molecule has 0 aliphatic heterocycles. The highest BCUT2D eigenvalue weighted by Gasteiger charge is 2.26. The Hall–Kier alpha value is -6.16. The summed E-state index contributed by atoms with van der Waals surface area (Å²) in [6, 6.07) is 32.3. The fourth-order valence-corrected chi connectivity index (χ4v) is 6.13. The molecule has 0 aliphatic rings. The third-order valence-corrected chi connectivity index (χ3v) is 8.83. The lowest BCUT2D eigenvalue weighted by atomic mass is 9.95. The molecule has 2 aromatic heterocycles. The van der Waals surface area contributed by atoms with Gasteiger partial charge in [-0.25, -0.2) is 9.59 Å². The lowest BCUT2D eigenvalue weighted by molar-refractivity contribution is -0.122. The van der Waals surface area contributed by atoms with Gasteiger partial charge in [-0.2, -0.15) is 0 Å². The zero-order valence-electron chi connectivity index (χ0n) is 28.1. The molecule has 0 spiro atoms. The van der Waals surface area contributed by atoms with Crippen LogP contribution < -0.4 is 10.6 Å². The van der Waals surface area contributed by atoms with Crippen molar-refractivity contribution in [2.45, 2.75) is 57.4 Å². The Balaban J connectivity index is 1.10. The van der Waals surface area contributed by atoms with Gasteiger partial charge in [0.05, 0.1) is 12.1 Å². The number of aromatic nitrogens is 2. The van der Waals surface area contributed by atoms with Crippen molar-refractivity contribution in [2.75, 3.05) is 0 Å². The molecule has 51 heavy (non-hydrogen) atoms. The van der Waals surface area contributed by atoms with Crippen LogP contribution in [-0.2, 0) is 45.1 Å². The number of para-hydroxylation sites is 2. The number of alkyl carbamates (subject to hydrolysis) is 2. The number of carbonyl (C=O) groups excluding carboxylic acids is 4. The summed E-state index contributed by atoms with van der Waals surface area (Å²) in [7, 11) is 0. The normalized spacial score (nSPS) is 12.2. The number of carbonyl (C=O) groups is 4. The number of ketones is 2. The van der Waals surface area contributed by atoms with Crippen LogP contribution in [0.25, 0.3) is 21.8 Å². The van der Waals surface area contributed by atoms with Gasteiger partial charge in [-0.15, -0.1) is 0 Å². The van der Waals surface area contributed by atoms with E-state index in [4.69, 9.17) is 9.47 Å². The molecule has 6 rings (SSSR count). The van der Waals surface area contributed by atoms with Gasteiger partial charge < -0.3 is 30.1 Å². The van der Waals surface area contributed by atoms with Gasteiger partial charge in [0, 0.05) is 59.9 Å². The van der Waals surface area contributed by atoms with Gasteiger partial charge in [-0.1, -0.05) is 97.1 Å². The van der Waals surface area contributed by atoms with Crippen LogP contribution in [-0.4, -0.2) is 45.8 Å². The summed E-state index contributed by atoms with van der Waals surface area (Å²) in [5.41, 5.74) is 5.25. The Bertz CT molecular complexity index is 1940. The molecule has 0 saturated carbocycles. The van der Waals surface area contributed by atoms with E-state index in [0.717, 1.165) is 44.1 Å². The monoisotopic (exact) mass is 684 g/mol. The summed E-state index contributed by atoms with van der Waals surface area (Å²) in [4.78, 5) is 59.6. The summed E-state index contributed by atoms with van der Waals surface area (Å²) in [6.07, 6.45) is 3.06. The maximum Gasteiger partial charge on any atom is 0.408 e. The summed E-state index contributed by atoms with van der Waals surface area (Å²) in [5.74, 6) is -0.457. The third kappa shape index (κ3) is 9.51. The lowest BCUT2D eigenvalue weighted by Crippen LogP contribution is -2.43. The van der Waals surface area contributed by atoms with Crippen molar-refractivity contribution < 1.29 is 28.7 Å². The third-order valence-electron chi connectivity index (χ3n) is 8.83. The van der Waals surface area contributed by atoms with E-state index in [9.17, 15) is 19.2 Å². The highest BCUT2D eigenvalue weighted by Crippen LogP contribution is 2.22. The quantitative estimate of drug-likeness (QED) is 0.0841. The number of fused-ring (bicyclic) bond motifs is 2. The standard InChI is InChI=1S/C41H40N4O6/c46-38(36(22-30-24-42-34-18-9-7-16-32(30)34)44-40(48)50-26-28-12-3-1-4-13-28)20-11-21-39(47)37(23-31-25-43-35-19-10-8-17-33(31)35)45-41(49)51-27-29-14-5-2-6-15-29/h1-10,12-19,24-25,36-37,42-43H,11,20-23,26-27H2,(H,44,48)(H,45,49)/t36-,37-/m0/s1. The van der Waals surface area contributed by atoms with E-state index in [1.54, 1.807) is 0 Å². The average molecular weight is 685 g/mol. The first kappa shape index (κ1) is 34.7. The van der Waals surface area contributed by atoms with E-state index < -0.39 is 24.3 Å². The molecular weight excluding hydrogens is 644 g/mol. The van der Waals surface area contributed by atoms with E-state index in [1.807, 2.05) is 122 Å². The Morgan fingerprint density at radius 1 is 0.529 bits per heavy atom. The van der Waals surface area contributed by atoms with Crippen LogP contribution >= 0.6 is 0 Å². The molecule has 260 valence electrons. The Morgan fingerprint density at radius 2 is 0.922 bits per heavy atom. The average Bonchev–Trinajstić information content (AvgIpc) is 3.77. The van der Waals surface area contributed by atoms with Gasteiger partial charge in [-0.3, -0.25) is 9.59 Å². The number of ether oxygens (including phenoxy) is 2. The van der Waals surface area contributed by atoms with Gasteiger partial charge >= 0.3 is 12.2 Å². The topological polar surface area (TPSA) is 142 Å². The molecule has 10 heteroatoms. The summed E-state index contributed by atoms with van der Waals surface area (Å²) in [5, 5.41) is 7.44. The number of Topliss-reactive ketones (excluding diaryl/α,β-unsaturated/α-hetero) is 2. The first-order valence-corrected chi connectivity index (χ1v) is 17.0. The Kier molecular flexibility index (Phi) is 11.5. The van der Waals surface area contributed by atoms with Crippen molar-refractivity contribution in [3.63, 3.8) is 0 Å². The van der Waals surface area contributed by atoms with Gasteiger partial charge in [0.2, 0.25) is 0 Å². The second kappa shape index (κ2) is 17.0. The predicted molar refractivity (Wildman–Crippen MR) is 195 cm³/mol. The van der Waals surface area contributed by atoms with Crippen LogP contribution in [0.5, 0.6) is 0 Å². The highest BCUT2D eigenvalue weighted by molar-refractivity contribution is 5.92. The minimum Gasteiger partial charge on any atom is -0.445 e. The molecule has 6 aromatic rings. The van der Waals surface area contributed by atoms with Crippen LogP contribution in [0.1, 0.15) is 41.5 Å². The summed E-state index contributed by atoms with van der Waals surface area (Å²) in [6.45, 7) is 0.127. The zero-order valence-corrected chi connectivity index (χ0v) is 28.1. The number of H-pyrrole nitrogens is 2. The van der Waals surface area contributed by atoms with E-state index >= 15 is 0 Å². The number of aromatic amines is 2. The number of rotatable bonds is 16. The molecule has 4 N–H and O–H groups in total. The maximum atomic E-state index is 13.7. The molecule has 2 atom stereocenters. The minimum atomic E-state index is -0.879. The largest absolute Gasteiger partial charge is 0.445 e. The lowest BCUT2D eigenvalue weighted by Gasteiger charge is -2.19. The molecule has 0 aliphatic carbocycles. The smallest absolute Gasteiger partial charge is 0.408 e. The first-order chi connectivity index (χ1) is 24.9. The van der Waals surface area contributed by atoms with Crippen molar-refractivity contribution in [1.29, 1.82) is 0 Å². The number of hydrogen-bond donors (Lipinski definition) is 4. The molecule has 0 radical (unpaired) electrons. The van der Waals surface area contributed by atoms with Gasteiger partial charge in [-0.05, 0) is 40.8 Å². The minimum absolute atomic E-state index is 0.0377. The van der Waals surface area contributed by atoms with Crippen LogP contribution in [0.2, 0.25) is 0 Å². The van der Waals surface area contributed by atoms with Gasteiger partial charge in [0.15, 0.2) is 11.6 Å². The Labute approximate surface area is 295 Å². The molecule has 0 unspecified atom stereocenters. The van der Waals surface area contributed by atoms with Crippen molar-refractivity contribution in [3.8, 4) is 0 Å². The molecule has 0 saturated heterocycles. The van der Waals surface area contributed by atoms with E-state index in [2.05, 4.69) is 20.6 Å². The molecule has 2 heterocycles. The van der Waals surface area contributed by atoms with Crippen molar-refractivity contribution in [1.82, 2.24) is 20.6 Å². The van der Waals surface area contributed by atoms with E-state index in [-0.39, 0.29) is 56.9 Å². The molecule has 4 aromatic carbocycles.